The first-order valence-corrected chi connectivity index (χ1v) is 18.9. The summed E-state index contributed by atoms with van der Waals surface area (Å²) in [6.07, 6.45) is 12.9. The van der Waals surface area contributed by atoms with Gasteiger partial charge in [-0.2, -0.15) is 18.9 Å². The average molecular weight is 701 g/mol. The van der Waals surface area contributed by atoms with E-state index in [-0.39, 0.29) is 29.2 Å². The van der Waals surface area contributed by atoms with Gasteiger partial charge >= 0.3 is 16.0 Å². The maximum atomic E-state index is 14.0. The summed E-state index contributed by atoms with van der Waals surface area (Å²) in [5, 5.41) is 6.75. The number of likely N-dealkylation sites (tertiary alicyclic amines) is 1. The van der Waals surface area contributed by atoms with Gasteiger partial charge in [0.15, 0.2) is 0 Å². The summed E-state index contributed by atoms with van der Waals surface area (Å²) in [4.78, 5) is 14.0. The number of carbonyl (C=O) groups is 1. The lowest BCUT2D eigenvalue weighted by Crippen LogP contribution is -2.69. The van der Waals surface area contributed by atoms with E-state index in [2.05, 4.69) is 12.3 Å². The maximum absolute atomic E-state index is 14.0. The molecule has 2 aliphatic heterocycles. The lowest BCUT2D eigenvalue weighted by Gasteiger charge is -2.44. The van der Waals surface area contributed by atoms with Gasteiger partial charge in [-0.05, 0) is 61.6 Å². The quantitative estimate of drug-likeness (QED) is 0.103. The van der Waals surface area contributed by atoms with Crippen LogP contribution in [0, 0.1) is 0 Å². The first kappa shape index (κ1) is 36.0. The maximum Gasteiger partial charge on any atom is 0.321 e. The molecule has 12 heteroatoms. The smallest absolute Gasteiger partial charge is 0.281 e. The van der Waals surface area contributed by atoms with Crippen molar-refractivity contribution in [3.05, 3.63) is 63.1 Å². The van der Waals surface area contributed by atoms with Crippen LogP contribution in [0.1, 0.15) is 108 Å². The van der Waals surface area contributed by atoms with Gasteiger partial charge in [0.1, 0.15) is 18.8 Å². The second-order valence-corrected chi connectivity index (χ2v) is 15.2. The summed E-state index contributed by atoms with van der Waals surface area (Å²) in [6, 6.07) is 12.1. The summed E-state index contributed by atoms with van der Waals surface area (Å²) in [7, 11) is -4.46. The lowest BCUT2D eigenvalue weighted by molar-refractivity contribution is -0.975. The van der Waals surface area contributed by atoms with Crippen LogP contribution < -0.4 is 10.4 Å². The highest BCUT2D eigenvalue weighted by Gasteiger charge is 2.48. The molecule has 2 aliphatic rings. The van der Waals surface area contributed by atoms with Crippen LogP contribution in [-0.2, 0) is 14.9 Å². The second-order valence-electron chi connectivity index (χ2n) is 12.3. The Balaban J connectivity index is 1.53. The number of hydrazone groups is 1. The molecule has 0 bridgehead atoms. The van der Waals surface area contributed by atoms with Gasteiger partial charge in [0.25, 0.3) is 0 Å². The molecule has 1 saturated heterocycles. The molecule has 1 amide bonds. The van der Waals surface area contributed by atoms with Crippen molar-refractivity contribution in [3.8, 4) is 0 Å². The summed E-state index contributed by atoms with van der Waals surface area (Å²) in [6.45, 7) is 3.06. The van der Waals surface area contributed by atoms with E-state index in [0.717, 1.165) is 44.1 Å². The predicted molar refractivity (Wildman–Crippen MR) is 184 cm³/mol. The van der Waals surface area contributed by atoms with Crippen LogP contribution in [0.3, 0.4) is 0 Å². The molecule has 0 radical (unpaired) electrons. The second kappa shape index (κ2) is 16.8. The Labute approximate surface area is 283 Å². The first-order chi connectivity index (χ1) is 21.5. The minimum absolute atomic E-state index is 0.193. The van der Waals surface area contributed by atoms with Crippen molar-refractivity contribution in [1.82, 2.24) is 5.43 Å². The third kappa shape index (κ3) is 9.81. The molecule has 1 fully saturated rings. The topological polar surface area (TPSA) is 99.1 Å². The van der Waals surface area contributed by atoms with Gasteiger partial charge in [-0.15, -0.1) is 0 Å². The Morgan fingerprint density at radius 3 is 2.13 bits per heavy atom. The van der Waals surface area contributed by atoms with E-state index in [1.165, 1.54) is 32.1 Å². The molecular weight excluding hydrogens is 655 g/mol. The van der Waals surface area contributed by atoms with Crippen LogP contribution in [-0.4, -0.2) is 47.6 Å². The molecule has 2 aromatic carbocycles. The average Bonchev–Trinajstić information content (AvgIpc) is 3.44. The molecule has 248 valence electrons. The minimum atomic E-state index is -4.46. The van der Waals surface area contributed by atoms with E-state index in [0.29, 0.717) is 40.3 Å². The predicted octanol–water partition coefficient (Wildman–Crippen LogP) is 9.12. The van der Waals surface area contributed by atoms with Gasteiger partial charge < -0.3 is 0 Å². The molecule has 2 atom stereocenters. The van der Waals surface area contributed by atoms with Crippen LogP contribution in [0.5, 0.6) is 0 Å². The Morgan fingerprint density at radius 2 is 1.53 bits per heavy atom. The van der Waals surface area contributed by atoms with E-state index < -0.39 is 21.4 Å². The number of anilines is 1. The van der Waals surface area contributed by atoms with Gasteiger partial charge in [-0.3, -0.25) is 14.4 Å². The number of nitrogens with one attached hydrogen (secondary N) is 1. The summed E-state index contributed by atoms with van der Waals surface area (Å²) in [5.74, 6) is -0.454. The Hall–Kier alpha value is -1.88. The Kier molecular flexibility index (Phi) is 13.4. The molecule has 8 nitrogen and oxygen atoms in total. The molecular formula is C33H46Cl3N4O4S+. The van der Waals surface area contributed by atoms with Crippen LogP contribution in [0.25, 0.3) is 0 Å². The normalized spacial score (nSPS) is 18.9. The number of piperidine rings is 1. The number of amides is 1. The van der Waals surface area contributed by atoms with Crippen molar-refractivity contribution in [2.45, 2.75) is 108 Å². The van der Waals surface area contributed by atoms with Crippen LogP contribution in [0.15, 0.2) is 47.6 Å². The van der Waals surface area contributed by atoms with E-state index in [4.69, 9.17) is 39.9 Å². The number of unbranched alkanes of at least 4 members (excludes halogenated alkanes) is 8. The highest BCUT2D eigenvalue weighted by Crippen LogP contribution is 2.40. The fourth-order valence-corrected chi connectivity index (χ4v) is 8.44. The molecule has 2 N–H and O–H groups in total. The molecule has 0 aromatic heterocycles. The summed E-state index contributed by atoms with van der Waals surface area (Å²) >= 11 is 18.9. The molecule has 2 aromatic rings. The monoisotopic (exact) mass is 699 g/mol. The Morgan fingerprint density at radius 1 is 0.933 bits per heavy atom. The number of hydrogen-bond donors (Lipinski definition) is 2. The number of benzene rings is 2. The number of rotatable bonds is 16. The number of nitrogens with zero attached hydrogens (tertiary/aromatic N) is 3. The standard InChI is InChI=1S/C33H45Cl3N4O4S/c1-2-3-4-5-6-7-8-9-11-14-32(45(42,43)44)40(21-12-10-13-22-40)38-33(41)29-24-31(25-15-17-26(34)18-16-25)39(37-29)30-20-19-27(35)23-28(30)36/h15-20,23,31-32H,2-14,21-22,24H2,1H3,(H-,38,41,42,43,44)/p+1/t31-,32?/m1/s1. The van der Waals surface area contributed by atoms with Gasteiger partial charge in [-0.25, -0.2) is 4.59 Å². The molecule has 1 unspecified atom stereocenters. The van der Waals surface area contributed by atoms with Gasteiger partial charge in [0, 0.05) is 22.9 Å². The van der Waals surface area contributed by atoms with Crippen molar-refractivity contribution in [1.29, 1.82) is 0 Å². The zero-order valence-electron chi connectivity index (χ0n) is 26.1. The Bertz CT molecular complexity index is 1420. The fraction of sp³-hybridized carbons (Fsp3) is 0.576. The van der Waals surface area contributed by atoms with Gasteiger partial charge in [0.05, 0.1) is 16.8 Å². The molecule has 2 heterocycles. The molecule has 0 aliphatic carbocycles. The highest BCUT2D eigenvalue weighted by atomic mass is 35.5. The number of hydrogen-bond acceptors (Lipinski definition) is 5. The van der Waals surface area contributed by atoms with E-state index >= 15 is 0 Å². The highest BCUT2D eigenvalue weighted by molar-refractivity contribution is 7.86. The van der Waals surface area contributed by atoms with Crippen molar-refractivity contribution < 1.29 is 22.4 Å². The van der Waals surface area contributed by atoms with Crippen molar-refractivity contribution in [2.75, 3.05) is 18.1 Å². The number of quaternary nitrogens is 1. The third-order valence-electron chi connectivity index (χ3n) is 8.97. The SMILES string of the molecule is CCCCCCCCCCCC([N+]1(NC(=O)C2=NN(c3ccc(Cl)cc3Cl)[C@@H](c3ccc(Cl)cc3)C2)CCCCC1)S(=O)(=O)O. The van der Waals surface area contributed by atoms with Gasteiger partial charge in [-0.1, -0.05) is 105 Å². The molecule has 45 heavy (non-hydrogen) atoms. The number of carbonyl (C=O) groups excluding carboxylic acids is 1. The van der Waals surface area contributed by atoms with E-state index in [1.807, 2.05) is 12.1 Å². The van der Waals surface area contributed by atoms with Crippen LogP contribution in [0.4, 0.5) is 5.69 Å². The van der Waals surface area contributed by atoms with Crippen molar-refractivity contribution in [2.24, 2.45) is 5.10 Å². The van der Waals surface area contributed by atoms with Crippen LogP contribution >= 0.6 is 34.8 Å². The van der Waals surface area contributed by atoms with Crippen molar-refractivity contribution >= 4 is 62.2 Å². The number of halogens is 3. The first-order valence-electron chi connectivity index (χ1n) is 16.3. The van der Waals surface area contributed by atoms with E-state index in [9.17, 15) is 17.8 Å². The summed E-state index contributed by atoms with van der Waals surface area (Å²) in [5.41, 5.74) is 4.80. The zero-order valence-corrected chi connectivity index (χ0v) is 29.1. The fourth-order valence-electron chi connectivity index (χ4n) is 6.58. The largest absolute Gasteiger partial charge is 0.321 e. The molecule has 0 saturated carbocycles. The summed E-state index contributed by atoms with van der Waals surface area (Å²) < 4.78 is 36.1. The van der Waals surface area contributed by atoms with E-state index in [1.54, 1.807) is 35.3 Å². The lowest BCUT2D eigenvalue weighted by atomic mass is 10.0. The third-order valence-corrected chi connectivity index (χ3v) is 11.1. The van der Waals surface area contributed by atoms with Crippen LogP contribution in [0.2, 0.25) is 15.1 Å². The van der Waals surface area contributed by atoms with Crippen molar-refractivity contribution in [3.63, 3.8) is 0 Å². The minimum Gasteiger partial charge on any atom is -0.281 e. The molecule has 4 rings (SSSR count). The molecule has 0 spiro atoms. The zero-order chi connectivity index (χ0) is 32.5. The van der Waals surface area contributed by atoms with Gasteiger partial charge in [0.2, 0.25) is 5.37 Å².